The molecule has 0 bridgehead atoms. The molecule has 25 heavy (non-hydrogen) atoms. The lowest BCUT2D eigenvalue weighted by atomic mass is 9.90. The Morgan fingerprint density at radius 2 is 1.88 bits per heavy atom. The second-order valence-corrected chi connectivity index (χ2v) is 7.79. The number of morpholine rings is 1. The van der Waals surface area contributed by atoms with Crippen LogP contribution < -0.4 is 4.90 Å². The Hall–Kier alpha value is -1.82. The molecule has 2 fully saturated rings. The molecule has 138 valence electrons. The second kappa shape index (κ2) is 7.60. The molecule has 6 heteroatoms. The number of rotatable bonds is 2. The molecule has 0 aliphatic carbocycles. The van der Waals surface area contributed by atoms with Gasteiger partial charge in [-0.15, -0.1) is 0 Å². The highest BCUT2D eigenvalue weighted by Crippen LogP contribution is 2.30. The summed E-state index contributed by atoms with van der Waals surface area (Å²) in [5.41, 5.74) is 0.881. The van der Waals surface area contributed by atoms with Crippen LogP contribution in [0, 0.1) is 0 Å². The Balaban J connectivity index is 1.58. The number of hydrogen-bond acceptors (Lipinski definition) is 5. The van der Waals surface area contributed by atoms with Gasteiger partial charge in [0.1, 0.15) is 11.4 Å². The minimum absolute atomic E-state index is 0.199. The van der Waals surface area contributed by atoms with Crippen molar-refractivity contribution in [3.05, 3.63) is 23.9 Å². The summed E-state index contributed by atoms with van der Waals surface area (Å²) >= 11 is 0. The lowest BCUT2D eigenvalue weighted by molar-refractivity contribution is 0.0205. The topological polar surface area (TPSA) is 54.9 Å². The molecule has 2 saturated heterocycles. The number of pyridine rings is 1. The molecule has 0 aromatic carbocycles. The molecule has 0 N–H and O–H groups in total. The molecule has 3 heterocycles. The van der Waals surface area contributed by atoms with E-state index in [-0.39, 0.29) is 6.09 Å². The quantitative estimate of drug-likeness (QED) is 0.823. The highest BCUT2D eigenvalue weighted by atomic mass is 16.6. The minimum Gasteiger partial charge on any atom is -0.444 e. The molecule has 1 aromatic heterocycles. The van der Waals surface area contributed by atoms with Crippen molar-refractivity contribution in [2.24, 2.45) is 0 Å². The summed E-state index contributed by atoms with van der Waals surface area (Å²) < 4.78 is 10.9. The monoisotopic (exact) mass is 347 g/mol. The molecule has 2 aliphatic heterocycles. The van der Waals surface area contributed by atoms with E-state index in [0.717, 1.165) is 58.1 Å². The third kappa shape index (κ3) is 4.84. The van der Waals surface area contributed by atoms with E-state index >= 15 is 0 Å². The van der Waals surface area contributed by atoms with Crippen LogP contribution in [-0.2, 0) is 9.47 Å². The predicted molar refractivity (Wildman–Crippen MR) is 97.1 cm³/mol. The zero-order valence-electron chi connectivity index (χ0n) is 15.5. The van der Waals surface area contributed by atoms with Crippen LogP contribution in [0.3, 0.4) is 0 Å². The normalized spacial score (nSPS) is 19.8. The average Bonchev–Trinajstić information content (AvgIpc) is 2.61. The summed E-state index contributed by atoms with van der Waals surface area (Å²) in [5.74, 6) is 1.51. The number of carbonyl (C=O) groups excluding carboxylic acids is 1. The molecule has 0 spiro atoms. The van der Waals surface area contributed by atoms with Crippen LogP contribution in [0.2, 0.25) is 0 Å². The van der Waals surface area contributed by atoms with Gasteiger partial charge in [0.2, 0.25) is 0 Å². The summed E-state index contributed by atoms with van der Waals surface area (Å²) in [6.07, 6.45) is 3.63. The lowest BCUT2D eigenvalue weighted by Crippen LogP contribution is -2.41. The summed E-state index contributed by atoms with van der Waals surface area (Å²) in [5, 5.41) is 0. The van der Waals surface area contributed by atoms with E-state index in [4.69, 9.17) is 9.47 Å². The highest BCUT2D eigenvalue weighted by Gasteiger charge is 2.27. The van der Waals surface area contributed by atoms with E-state index in [2.05, 4.69) is 22.0 Å². The van der Waals surface area contributed by atoms with Crippen LogP contribution in [0.5, 0.6) is 0 Å². The fraction of sp³-hybridized carbons (Fsp3) is 0.684. The Kier molecular flexibility index (Phi) is 5.47. The zero-order chi connectivity index (χ0) is 17.9. The summed E-state index contributed by atoms with van der Waals surface area (Å²) in [4.78, 5) is 20.8. The van der Waals surface area contributed by atoms with Crippen molar-refractivity contribution < 1.29 is 14.3 Å². The molecule has 0 unspecified atom stereocenters. The summed E-state index contributed by atoms with van der Waals surface area (Å²) in [6, 6.07) is 4.32. The first-order chi connectivity index (χ1) is 11.9. The van der Waals surface area contributed by atoms with Gasteiger partial charge in [0.25, 0.3) is 0 Å². The van der Waals surface area contributed by atoms with Gasteiger partial charge in [-0.05, 0) is 57.2 Å². The van der Waals surface area contributed by atoms with Gasteiger partial charge >= 0.3 is 6.09 Å². The van der Waals surface area contributed by atoms with E-state index < -0.39 is 5.60 Å². The van der Waals surface area contributed by atoms with Crippen molar-refractivity contribution in [3.63, 3.8) is 0 Å². The molecular weight excluding hydrogens is 318 g/mol. The number of nitrogens with zero attached hydrogens (tertiary/aromatic N) is 3. The molecule has 0 saturated carbocycles. The Labute approximate surface area is 150 Å². The van der Waals surface area contributed by atoms with E-state index in [1.807, 2.05) is 31.9 Å². The number of amides is 1. The molecule has 6 nitrogen and oxygen atoms in total. The van der Waals surface area contributed by atoms with Crippen molar-refractivity contribution >= 4 is 11.9 Å². The Morgan fingerprint density at radius 1 is 1.20 bits per heavy atom. The van der Waals surface area contributed by atoms with Crippen LogP contribution >= 0.6 is 0 Å². The van der Waals surface area contributed by atoms with Crippen LogP contribution in [0.1, 0.15) is 45.1 Å². The molecule has 1 aromatic rings. The Morgan fingerprint density at radius 3 is 2.52 bits per heavy atom. The third-order valence-corrected chi connectivity index (χ3v) is 4.72. The van der Waals surface area contributed by atoms with Crippen LogP contribution in [0.4, 0.5) is 10.6 Å². The largest absolute Gasteiger partial charge is 0.444 e. The molecule has 2 aliphatic rings. The van der Waals surface area contributed by atoms with Gasteiger partial charge < -0.3 is 19.3 Å². The minimum atomic E-state index is -0.438. The third-order valence-electron chi connectivity index (χ3n) is 4.72. The van der Waals surface area contributed by atoms with Crippen LogP contribution in [-0.4, -0.2) is 61.0 Å². The number of hydrogen-bond donors (Lipinski definition) is 0. The SMILES string of the molecule is CC(C)(C)OC(=O)N1CCC(c2ccnc(N3CCOCC3)c2)CC1. The van der Waals surface area contributed by atoms with Crippen molar-refractivity contribution in [2.45, 2.75) is 45.1 Å². The van der Waals surface area contributed by atoms with Gasteiger partial charge in [0.15, 0.2) is 0 Å². The van der Waals surface area contributed by atoms with Crippen molar-refractivity contribution in [1.82, 2.24) is 9.88 Å². The van der Waals surface area contributed by atoms with Gasteiger partial charge in [-0.2, -0.15) is 0 Å². The molecule has 3 rings (SSSR count). The number of ether oxygens (including phenoxy) is 2. The molecule has 0 radical (unpaired) electrons. The van der Waals surface area contributed by atoms with Crippen molar-refractivity contribution in [3.8, 4) is 0 Å². The fourth-order valence-electron chi connectivity index (χ4n) is 3.38. The number of likely N-dealkylation sites (tertiary alicyclic amines) is 1. The smallest absolute Gasteiger partial charge is 0.410 e. The first-order valence-corrected chi connectivity index (χ1v) is 9.19. The average molecular weight is 347 g/mol. The maximum Gasteiger partial charge on any atom is 0.410 e. The van der Waals surface area contributed by atoms with E-state index in [9.17, 15) is 4.79 Å². The maximum absolute atomic E-state index is 12.2. The molecular formula is C19H29N3O3. The zero-order valence-corrected chi connectivity index (χ0v) is 15.5. The predicted octanol–water partition coefficient (Wildman–Crippen LogP) is 3.03. The standard InChI is InChI=1S/C19H29N3O3/c1-19(2,3)25-18(23)22-8-5-15(6-9-22)16-4-7-20-17(14-16)21-10-12-24-13-11-21/h4,7,14-15H,5-6,8-13H2,1-3H3. The summed E-state index contributed by atoms with van der Waals surface area (Å²) in [7, 11) is 0. The van der Waals surface area contributed by atoms with Crippen molar-refractivity contribution in [2.75, 3.05) is 44.3 Å². The molecule has 0 atom stereocenters. The van der Waals surface area contributed by atoms with Gasteiger partial charge in [-0.1, -0.05) is 0 Å². The van der Waals surface area contributed by atoms with Crippen LogP contribution in [0.15, 0.2) is 18.3 Å². The maximum atomic E-state index is 12.2. The number of piperidine rings is 1. The summed E-state index contributed by atoms with van der Waals surface area (Å²) in [6.45, 7) is 10.5. The highest BCUT2D eigenvalue weighted by molar-refractivity contribution is 5.68. The number of carbonyl (C=O) groups is 1. The lowest BCUT2D eigenvalue weighted by Gasteiger charge is -2.34. The van der Waals surface area contributed by atoms with Gasteiger partial charge in [-0.3, -0.25) is 0 Å². The van der Waals surface area contributed by atoms with Gasteiger partial charge in [0, 0.05) is 32.4 Å². The van der Waals surface area contributed by atoms with E-state index in [1.54, 1.807) is 0 Å². The van der Waals surface area contributed by atoms with E-state index in [1.165, 1.54) is 5.56 Å². The van der Waals surface area contributed by atoms with E-state index in [0.29, 0.717) is 5.92 Å². The first-order valence-electron chi connectivity index (χ1n) is 9.19. The van der Waals surface area contributed by atoms with Crippen molar-refractivity contribution in [1.29, 1.82) is 0 Å². The Bertz CT molecular complexity index is 586. The molecule has 1 amide bonds. The number of anilines is 1. The van der Waals surface area contributed by atoms with Gasteiger partial charge in [0.05, 0.1) is 13.2 Å². The van der Waals surface area contributed by atoms with Gasteiger partial charge in [-0.25, -0.2) is 9.78 Å². The first kappa shape index (κ1) is 18.0. The number of aromatic nitrogens is 1. The fourth-order valence-corrected chi connectivity index (χ4v) is 3.38. The van der Waals surface area contributed by atoms with Crippen LogP contribution in [0.25, 0.3) is 0 Å². The second-order valence-electron chi connectivity index (χ2n) is 7.79.